The molecule has 0 radical (unpaired) electrons. The van der Waals surface area contributed by atoms with Crippen LogP contribution in [0.25, 0.3) is 0 Å². The largest absolute Gasteiger partial charge is 0.511 e. The maximum absolute atomic E-state index is 12.5. The number of hydrogen-bond acceptors (Lipinski definition) is 9. The first-order valence-corrected chi connectivity index (χ1v) is 12.9. The lowest BCUT2D eigenvalue weighted by Gasteiger charge is -2.33. The third-order valence-corrected chi connectivity index (χ3v) is 5.14. The Hall–Kier alpha value is -3.14. The van der Waals surface area contributed by atoms with Crippen LogP contribution in [0.2, 0.25) is 0 Å². The average Bonchev–Trinajstić information content (AvgIpc) is 2.72. The van der Waals surface area contributed by atoms with Gasteiger partial charge in [0.15, 0.2) is 11.5 Å². The van der Waals surface area contributed by atoms with Crippen LogP contribution in [-0.2, 0) is 30.3 Å². The summed E-state index contributed by atoms with van der Waals surface area (Å²) in [7, 11) is 0. The number of aliphatic carboxylic acids is 1. The molecular formula is C28H43NO9. The molecule has 0 fully saturated rings. The fourth-order valence-electron chi connectivity index (χ4n) is 3.32. The number of ether oxygens (including phenoxy) is 4. The van der Waals surface area contributed by atoms with E-state index in [1.807, 2.05) is 34.6 Å². The van der Waals surface area contributed by atoms with Crippen LogP contribution in [0.5, 0.6) is 11.5 Å². The summed E-state index contributed by atoms with van der Waals surface area (Å²) in [4.78, 5) is 49.8. The molecule has 1 unspecified atom stereocenters. The lowest BCUT2D eigenvalue weighted by atomic mass is 10.00. The highest BCUT2D eigenvalue weighted by Gasteiger charge is 2.45. The zero-order valence-corrected chi connectivity index (χ0v) is 24.0. The SMILES string of the molecule is CCC(C)N[C@@](Cc1ccc(OC(=O)CC(C)C)c(OC(=O)CC(C)C)c1)(OC(=O)OC(C)(C)C)C(=O)O. The van der Waals surface area contributed by atoms with Crippen molar-refractivity contribution in [2.24, 2.45) is 11.8 Å². The van der Waals surface area contributed by atoms with Gasteiger partial charge in [-0.3, -0.25) is 14.9 Å². The molecule has 0 bridgehead atoms. The third kappa shape index (κ3) is 11.5. The van der Waals surface area contributed by atoms with Gasteiger partial charge in [-0.25, -0.2) is 9.59 Å². The smallest absolute Gasteiger partial charge is 0.477 e. The minimum Gasteiger partial charge on any atom is -0.477 e. The Morgan fingerprint density at radius 3 is 1.84 bits per heavy atom. The van der Waals surface area contributed by atoms with E-state index in [0.29, 0.717) is 12.0 Å². The van der Waals surface area contributed by atoms with E-state index in [0.717, 1.165) is 0 Å². The molecule has 0 amide bonds. The minimum absolute atomic E-state index is 0.0271. The van der Waals surface area contributed by atoms with Crippen molar-refractivity contribution < 1.29 is 43.2 Å². The summed E-state index contributed by atoms with van der Waals surface area (Å²) >= 11 is 0. The molecule has 0 aliphatic heterocycles. The molecule has 38 heavy (non-hydrogen) atoms. The first kappa shape index (κ1) is 32.9. The highest BCUT2D eigenvalue weighted by molar-refractivity contribution is 5.81. The van der Waals surface area contributed by atoms with Crippen molar-refractivity contribution in [2.75, 3.05) is 0 Å². The summed E-state index contributed by atoms with van der Waals surface area (Å²) in [5.41, 5.74) is -2.74. The molecule has 10 nitrogen and oxygen atoms in total. The molecule has 0 aliphatic carbocycles. The Morgan fingerprint density at radius 1 is 0.868 bits per heavy atom. The summed E-state index contributed by atoms with van der Waals surface area (Å²) in [6.45, 7) is 16.0. The topological polar surface area (TPSA) is 137 Å². The standard InChI is InChI=1S/C28H43NO9/c1-10-19(6)29-28(25(32)33,38-26(34)37-27(7,8)9)16-20-11-12-21(35-23(30)13-17(2)3)22(15-20)36-24(31)14-18(4)5/h11-12,15,17-19,29H,10,13-14,16H2,1-9H3,(H,32,33)/t19?,28-/m0/s1. The van der Waals surface area contributed by atoms with Crippen LogP contribution in [-0.4, -0.2) is 46.5 Å². The quantitative estimate of drug-likeness (QED) is 0.195. The molecule has 2 N–H and O–H groups in total. The van der Waals surface area contributed by atoms with Gasteiger partial charge in [-0.05, 0) is 63.6 Å². The number of hydrogen-bond donors (Lipinski definition) is 2. The summed E-state index contributed by atoms with van der Waals surface area (Å²) in [6.07, 6.45) is -0.652. The number of rotatable bonds is 13. The fraction of sp³-hybridized carbons (Fsp3) is 0.643. The lowest BCUT2D eigenvalue weighted by Crippen LogP contribution is -2.60. The Morgan fingerprint density at radius 2 is 1.39 bits per heavy atom. The van der Waals surface area contributed by atoms with E-state index in [1.54, 1.807) is 27.7 Å². The number of carbonyl (C=O) groups is 4. The molecule has 0 aliphatic rings. The molecule has 1 aromatic rings. The Labute approximate surface area is 225 Å². The first-order valence-electron chi connectivity index (χ1n) is 12.9. The molecule has 10 heteroatoms. The number of carboxylic acid groups (broad SMARTS) is 1. The van der Waals surface area contributed by atoms with Gasteiger partial charge in [-0.1, -0.05) is 40.7 Å². The van der Waals surface area contributed by atoms with E-state index in [2.05, 4.69) is 5.32 Å². The highest BCUT2D eigenvalue weighted by Crippen LogP contribution is 2.32. The van der Waals surface area contributed by atoms with Crippen molar-refractivity contribution >= 4 is 24.1 Å². The van der Waals surface area contributed by atoms with Crippen LogP contribution in [0.4, 0.5) is 4.79 Å². The predicted molar refractivity (Wildman–Crippen MR) is 141 cm³/mol. The van der Waals surface area contributed by atoms with E-state index in [1.165, 1.54) is 18.2 Å². The third-order valence-electron chi connectivity index (χ3n) is 5.14. The van der Waals surface area contributed by atoms with E-state index < -0.39 is 35.4 Å². The molecule has 2 atom stereocenters. The zero-order chi connectivity index (χ0) is 29.3. The normalized spacial score (nSPS) is 14.0. The number of carboxylic acids is 1. The van der Waals surface area contributed by atoms with E-state index in [-0.39, 0.29) is 48.6 Å². The number of carbonyl (C=O) groups excluding carboxylic acids is 3. The van der Waals surface area contributed by atoms with E-state index in [9.17, 15) is 24.3 Å². The van der Waals surface area contributed by atoms with Gasteiger partial charge < -0.3 is 24.1 Å². The summed E-state index contributed by atoms with van der Waals surface area (Å²) in [5.74, 6) is -2.40. The Kier molecular flexibility index (Phi) is 12.2. The van der Waals surface area contributed by atoms with Crippen molar-refractivity contribution in [3.8, 4) is 11.5 Å². The second-order valence-electron chi connectivity index (χ2n) is 11.3. The van der Waals surface area contributed by atoms with E-state index in [4.69, 9.17) is 18.9 Å². The monoisotopic (exact) mass is 537 g/mol. The van der Waals surface area contributed by atoms with Crippen LogP contribution in [0.15, 0.2) is 18.2 Å². The molecule has 214 valence electrons. The summed E-state index contributed by atoms with van der Waals surface area (Å²) in [6, 6.07) is 4.01. The summed E-state index contributed by atoms with van der Waals surface area (Å²) in [5, 5.41) is 13.1. The maximum atomic E-state index is 12.5. The van der Waals surface area contributed by atoms with Crippen molar-refractivity contribution in [3.63, 3.8) is 0 Å². The molecule has 1 aromatic carbocycles. The Balaban J connectivity index is 3.47. The second-order valence-corrected chi connectivity index (χ2v) is 11.3. The molecule has 0 heterocycles. The van der Waals surface area contributed by atoms with Crippen molar-refractivity contribution in [1.82, 2.24) is 5.32 Å². The van der Waals surface area contributed by atoms with Crippen molar-refractivity contribution in [3.05, 3.63) is 23.8 Å². The highest BCUT2D eigenvalue weighted by atomic mass is 16.8. The molecule has 0 saturated carbocycles. The molecule has 1 rings (SSSR count). The van der Waals surface area contributed by atoms with Crippen LogP contribution < -0.4 is 14.8 Å². The molecule has 0 spiro atoms. The van der Waals surface area contributed by atoms with Gasteiger partial charge in [0.2, 0.25) is 0 Å². The Bertz CT molecular complexity index is 981. The number of benzene rings is 1. The van der Waals surface area contributed by atoms with Gasteiger partial charge >= 0.3 is 24.1 Å². The van der Waals surface area contributed by atoms with Gasteiger partial charge in [0.25, 0.3) is 5.72 Å². The van der Waals surface area contributed by atoms with Gasteiger partial charge in [-0.2, -0.15) is 0 Å². The van der Waals surface area contributed by atoms with Crippen LogP contribution in [0, 0.1) is 11.8 Å². The molecular weight excluding hydrogens is 494 g/mol. The lowest BCUT2D eigenvalue weighted by molar-refractivity contribution is -0.169. The minimum atomic E-state index is -2.19. The second kappa shape index (κ2) is 14.1. The average molecular weight is 538 g/mol. The van der Waals surface area contributed by atoms with Crippen LogP contribution in [0.3, 0.4) is 0 Å². The van der Waals surface area contributed by atoms with Gasteiger partial charge in [-0.15, -0.1) is 0 Å². The van der Waals surface area contributed by atoms with Gasteiger partial charge in [0.1, 0.15) is 5.60 Å². The maximum Gasteiger partial charge on any atom is 0.511 e. The number of esters is 2. The van der Waals surface area contributed by atoms with Gasteiger partial charge in [0.05, 0.1) is 0 Å². The van der Waals surface area contributed by atoms with Crippen LogP contribution >= 0.6 is 0 Å². The van der Waals surface area contributed by atoms with Crippen molar-refractivity contribution in [1.29, 1.82) is 0 Å². The van der Waals surface area contributed by atoms with E-state index >= 15 is 0 Å². The molecule has 0 aromatic heterocycles. The van der Waals surface area contributed by atoms with Gasteiger partial charge in [0, 0.05) is 25.3 Å². The van der Waals surface area contributed by atoms with Crippen molar-refractivity contribution in [2.45, 2.75) is 105 Å². The number of nitrogens with one attached hydrogen (secondary N) is 1. The van der Waals surface area contributed by atoms with Crippen LogP contribution in [0.1, 0.15) is 87.1 Å². The fourth-order valence-corrected chi connectivity index (χ4v) is 3.32. The summed E-state index contributed by atoms with van der Waals surface area (Å²) < 4.78 is 21.6. The molecule has 0 saturated heterocycles. The zero-order valence-electron chi connectivity index (χ0n) is 24.0. The predicted octanol–water partition coefficient (Wildman–Crippen LogP) is 5.25. The first-order chi connectivity index (χ1) is 17.5.